The number of rotatable bonds is 3. The van der Waals surface area contributed by atoms with Gasteiger partial charge in [-0.05, 0) is 25.7 Å². The molecule has 2 heterocycles. The topological polar surface area (TPSA) is 105 Å². The summed E-state index contributed by atoms with van der Waals surface area (Å²) in [6.45, 7) is 2.52. The van der Waals surface area contributed by atoms with Crippen LogP contribution in [0.4, 0.5) is 0 Å². The molecule has 2 fully saturated rings. The Bertz CT molecular complexity index is 710. The standard InChI is InChI=1S/C15H21N3O5/c1-9-6-17(15(22)16-14(9)21)7-13(20)18-2-3-23-12-5-10(8-19)4-11(12)18/h6,10-12,19H,2-5,7-8H2,1H3,(H,16,21,22)/t10-,11+,12?/m1/s1. The Hall–Kier alpha value is -1.93. The lowest BCUT2D eigenvalue weighted by atomic mass is 10.1. The third kappa shape index (κ3) is 3.09. The fourth-order valence-corrected chi connectivity index (χ4v) is 3.48. The summed E-state index contributed by atoms with van der Waals surface area (Å²) in [7, 11) is 0. The van der Waals surface area contributed by atoms with Gasteiger partial charge >= 0.3 is 5.69 Å². The van der Waals surface area contributed by atoms with Crippen LogP contribution in [0.3, 0.4) is 0 Å². The van der Waals surface area contributed by atoms with Crippen molar-refractivity contribution in [3.05, 3.63) is 32.6 Å². The van der Waals surface area contributed by atoms with Crippen LogP contribution in [-0.4, -0.2) is 57.4 Å². The molecule has 0 spiro atoms. The molecule has 1 saturated heterocycles. The number of carbonyl (C=O) groups is 1. The van der Waals surface area contributed by atoms with E-state index in [9.17, 15) is 19.5 Å². The average Bonchev–Trinajstić information content (AvgIpc) is 2.95. The fraction of sp³-hybridized carbons (Fsp3) is 0.667. The number of aromatic amines is 1. The van der Waals surface area contributed by atoms with Crippen LogP contribution in [0, 0.1) is 12.8 Å². The molecular weight excluding hydrogens is 302 g/mol. The number of hydrogen-bond donors (Lipinski definition) is 2. The van der Waals surface area contributed by atoms with E-state index in [1.165, 1.54) is 10.8 Å². The van der Waals surface area contributed by atoms with E-state index in [2.05, 4.69) is 4.98 Å². The molecule has 8 heteroatoms. The van der Waals surface area contributed by atoms with E-state index in [-0.39, 0.29) is 37.1 Å². The van der Waals surface area contributed by atoms with E-state index in [4.69, 9.17) is 4.74 Å². The Balaban J connectivity index is 1.77. The van der Waals surface area contributed by atoms with Crippen molar-refractivity contribution in [2.24, 2.45) is 5.92 Å². The van der Waals surface area contributed by atoms with Crippen molar-refractivity contribution in [3.8, 4) is 0 Å². The lowest BCUT2D eigenvalue weighted by Gasteiger charge is -2.37. The molecule has 3 atom stereocenters. The van der Waals surface area contributed by atoms with E-state index in [1.807, 2.05) is 0 Å². The van der Waals surface area contributed by atoms with Crippen molar-refractivity contribution in [3.63, 3.8) is 0 Å². The summed E-state index contributed by atoms with van der Waals surface area (Å²) in [6.07, 6.45) is 2.83. The first-order valence-electron chi connectivity index (χ1n) is 7.82. The molecule has 0 radical (unpaired) electrons. The Morgan fingerprint density at radius 2 is 2.22 bits per heavy atom. The molecule has 3 rings (SSSR count). The summed E-state index contributed by atoms with van der Waals surface area (Å²) in [6, 6.07) is -0.0482. The van der Waals surface area contributed by atoms with Gasteiger partial charge in [0.2, 0.25) is 5.91 Å². The number of aryl methyl sites for hydroxylation is 1. The Kier molecular flexibility index (Phi) is 4.36. The highest BCUT2D eigenvalue weighted by Crippen LogP contribution is 2.34. The van der Waals surface area contributed by atoms with Gasteiger partial charge < -0.3 is 14.7 Å². The zero-order valence-corrected chi connectivity index (χ0v) is 13.0. The monoisotopic (exact) mass is 323 g/mol. The maximum Gasteiger partial charge on any atom is 0.328 e. The summed E-state index contributed by atoms with van der Waals surface area (Å²) in [5.74, 6) is -0.0214. The third-order valence-electron chi connectivity index (χ3n) is 4.71. The molecule has 0 bridgehead atoms. The predicted octanol–water partition coefficient (Wildman–Crippen LogP) is -1.16. The molecule has 1 amide bonds. The summed E-state index contributed by atoms with van der Waals surface area (Å²) < 4.78 is 6.93. The molecule has 1 unspecified atom stereocenters. The van der Waals surface area contributed by atoms with Crippen molar-refractivity contribution >= 4 is 5.91 Å². The number of hydrogen-bond acceptors (Lipinski definition) is 5. The minimum Gasteiger partial charge on any atom is -0.396 e. The van der Waals surface area contributed by atoms with Crippen LogP contribution < -0.4 is 11.2 Å². The van der Waals surface area contributed by atoms with Crippen molar-refractivity contribution in [1.82, 2.24) is 14.5 Å². The van der Waals surface area contributed by atoms with Gasteiger partial charge in [-0.2, -0.15) is 0 Å². The number of H-pyrrole nitrogens is 1. The first kappa shape index (κ1) is 15.9. The fourth-order valence-electron chi connectivity index (χ4n) is 3.48. The SMILES string of the molecule is Cc1cn(CC(=O)N2CCOC3C[C@H](CO)C[C@@H]32)c(=O)[nH]c1=O. The van der Waals surface area contributed by atoms with Gasteiger partial charge in [-0.15, -0.1) is 0 Å². The van der Waals surface area contributed by atoms with Gasteiger partial charge in [0, 0.05) is 24.9 Å². The maximum atomic E-state index is 12.6. The highest BCUT2D eigenvalue weighted by molar-refractivity contribution is 5.76. The molecule has 23 heavy (non-hydrogen) atoms. The van der Waals surface area contributed by atoms with Crippen molar-refractivity contribution in [2.75, 3.05) is 19.8 Å². The second-order valence-corrected chi connectivity index (χ2v) is 6.28. The Morgan fingerprint density at radius 3 is 2.96 bits per heavy atom. The number of aliphatic hydroxyl groups excluding tert-OH is 1. The normalized spacial score (nSPS) is 27.0. The van der Waals surface area contributed by atoms with Crippen molar-refractivity contribution < 1.29 is 14.6 Å². The lowest BCUT2D eigenvalue weighted by molar-refractivity contribution is -0.144. The number of ether oxygens (including phenoxy) is 1. The first-order valence-corrected chi connectivity index (χ1v) is 7.82. The van der Waals surface area contributed by atoms with E-state index < -0.39 is 11.2 Å². The van der Waals surface area contributed by atoms with Crippen LogP contribution in [0.5, 0.6) is 0 Å². The number of nitrogens with zero attached hydrogens (tertiary/aromatic N) is 2. The molecule has 126 valence electrons. The summed E-state index contributed by atoms with van der Waals surface area (Å²) >= 11 is 0. The second-order valence-electron chi connectivity index (χ2n) is 6.28. The van der Waals surface area contributed by atoms with Crippen LogP contribution >= 0.6 is 0 Å². The number of aliphatic hydroxyl groups is 1. The molecule has 1 saturated carbocycles. The van der Waals surface area contributed by atoms with Crippen molar-refractivity contribution in [1.29, 1.82) is 0 Å². The highest BCUT2D eigenvalue weighted by atomic mass is 16.5. The molecule has 1 aromatic rings. The highest BCUT2D eigenvalue weighted by Gasteiger charge is 2.42. The largest absolute Gasteiger partial charge is 0.396 e. The lowest BCUT2D eigenvalue weighted by Crippen LogP contribution is -2.52. The molecular formula is C15H21N3O5. The molecule has 2 aliphatic rings. The molecule has 1 aromatic heterocycles. The zero-order valence-electron chi connectivity index (χ0n) is 13.0. The average molecular weight is 323 g/mol. The summed E-state index contributed by atoms with van der Waals surface area (Å²) in [5, 5.41) is 9.33. The molecule has 1 aliphatic carbocycles. The van der Waals surface area contributed by atoms with Crippen LogP contribution in [0.15, 0.2) is 15.8 Å². The van der Waals surface area contributed by atoms with E-state index >= 15 is 0 Å². The van der Waals surface area contributed by atoms with Gasteiger partial charge in [0.15, 0.2) is 0 Å². The van der Waals surface area contributed by atoms with Crippen LogP contribution in [0.25, 0.3) is 0 Å². The summed E-state index contributed by atoms with van der Waals surface area (Å²) in [5.41, 5.74) is -0.636. The second kappa shape index (κ2) is 6.29. The Morgan fingerprint density at radius 1 is 1.43 bits per heavy atom. The third-order valence-corrected chi connectivity index (χ3v) is 4.71. The van der Waals surface area contributed by atoms with Gasteiger partial charge in [-0.25, -0.2) is 4.79 Å². The minimum atomic E-state index is -0.585. The van der Waals surface area contributed by atoms with Gasteiger partial charge in [0.1, 0.15) is 6.54 Å². The quantitative estimate of drug-likeness (QED) is 0.730. The number of morpholine rings is 1. The molecule has 0 aromatic carbocycles. The van der Waals surface area contributed by atoms with Crippen LogP contribution in [0.1, 0.15) is 18.4 Å². The van der Waals surface area contributed by atoms with Gasteiger partial charge in [-0.3, -0.25) is 19.1 Å². The number of amides is 1. The van der Waals surface area contributed by atoms with Crippen molar-refractivity contribution in [2.45, 2.75) is 38.5 Å². The smallest absolute Gasteiger partial charge is 0.328 e. The van der Waals surface area contributed by atoms with E-state index in [1.54, 1.807) is 11.8 Å². The maximum absolute atomic E-state index is 12.6. The molecule has 8 nitrogen and oxygen atoms in total. The van der Waals surface area contributed by atoms with Gasteiger partial charge in [0.05, 0.1) is 18.8 Å². The van der Waals surface area contributed by atoms with Gasteiger partial charge in [0.25, 0.3) is 5.56 Å². The van der Waals surface area contributed by atoms with Crippen LogP contribution in [0.2, 0.25) is 0 Å². The molecule has 1 aliphatic heterocycles. The number of nitrogens with one attached hydrogen (secondary N) is 1. The number of aromatic nitrogens is 2. The van der Waals surface area contributed by atoms with Gasteiger partial charge in [-0.1, -0.05) is 0 Å². The minimum absolute atomic E-state index is 0.0427. The number of fused-ring (bicyclic) bond motifs is 1. The zero-order chi connectivity index (χ0) is 16.6. The predicted molar refractivity (Wildman–Crippen MR) is 81.1 cm³/mol. The number of carbonyl (C=O) groups excluding carboxylic acids is 1. The Labute approximate surface area is 132 Å². The van der Waals surface area contributed by atoms with Crippen LogP contribution in [-0.2, 0) is 16.1 Å². The van der Waals surface area contributed by atoms with E-state index in [0.717, 1.165) is 6.42 Å². The first-order chi connectivity index (χ1) is 11.0. The summed E-state index contributed by atoms with van der Waals surface area (Å²) in [4.78, 5) is 39.8. The van der Waals surface area contributed by atoms with E-state index in [0.29, 0.717) is 25.1 Å². The molecule has 2 N–H and O–H groups in total.